The number of unbranched alkanes of at least 4 members (excludes halogenated alkanes) is 1. The van der Waals surface area contributed by atoms with Crippen LogP contribution in [0.2, 0.25) is 5.04 Å². The topological polar surface area (TPSA) is 18.5 Å². The number of fused-ring (bicyclic) bond motifs is 2. The highest BCUT2D eigenvalue weighted by molar-refractivity contribution is 6.99. The molecule has 2 fully saturated rings. The van der Waals surface area contributed by atoms with Gasteiger partial charge in [0.25, 0.3) is 8.32 Å². The average molecular weight is 423 g/mol. The molecule has 0 N–H and O–H groups in total. The second-order valence-electron chi connectivity index (χ2n) is 10.3. The molecule has 2 saturated carbocycles. The van der Waals surface area contributed by atoms with Gasteiger partial charge in [0, 0.05) is 12.7 Å². The summed E-state index contributed by atoms with van der Waals surface area (Å²) in [6, 6.07) is 22.1. The van der Waals surface area contributed by atoms with Gasteiger partial charge in [-0.25, -0.2) is 0 Å². The molecule has 0 aromatic heterocycles. The molecule has 0 unspecified atom stereocenters. The molecule has 162 valence electrons. The van der Waals surface area contributed by atoms with E-state index < -0.39 is 8.32 Å². The molecule has 2 aliphatic carbocycles. The Morgan fingerprint density at radius 1 is 0.800 bits per heavy atom. The van der Waals surface area contributed by atoms with Crippen LogP contribution in [0.3, 0.4) is 0 Å². The van der Waals surface area contributed by atoms with Crippen molar-refractivity contribution in [2.45, 2.75) is 77.0 Å². The predicted octanol–water partition coefficient (Wildman–Crippen LogP) is 5.55. The van der Waals surface area contributed by atoms with Crippen LogP contribution in [0.15, 0.2) is 60.7 Å². The first-order valence-electron chi connectivity index (χ1n) is 11.9. The first kappa shape index (κ1) is 21.8. The van der Waals surface area contributed by atoms with Gasteiger partial charge in [0.05, 0.1) is 6.10 Å². The quantitative estimate of drug-likeness (QED) is 0.410. The SMILES string of the molecule is CCCCO[C@H]1C[C@H]2C[C@@H]1C[C@@H]2O[Si](c1ccccc1)(c1ccccc1)C(C)(C)C. The van der Waals surface area contributed by atoms with Crippen molar-refractivity contribution in [1.82, 2.24) is 0 Å². The average Bonchev–Trinajstić information content (AvgIpc) is 3.33. The Hall–Kier alpha value is -1.42. The van der Waals surface area contributed by atoms with E-state index in [1.807, 2.05) is 0 Å². The highest BCUT2D eigenvalue weighted by Gasteiger charge is 2.55. The maximum absolute atomic E-state index is 7.43. The predicted molar refractivity (Wildman–Crippen MR) is 128 cm³/mol. The van der Waals surface area contributed by atoms with E-state index in [0.717, 1.165) is 13.0 Å². The summed E-state index contributed by atoms with van der Waals surface area (Å²) in [5, 5.41) is 2.83. The molecule has 4 atom stereocenters. The molecule has 2 bridgehead atoms. The van der Waals surface area contributed by atoms with Crippen molar-refractivity contribution in [2.24, 2.45) is 11.8 Å². The zero-order valence-corrected chi connectivity index (χ0v) is 20.1. The fourth-order valence-corrected chi connectivity index (χ4v) is 10.6. The molecule has 30 heavy (non-hydrogen) atoms. The van der Waals surface area contributed by atoms with E-state index in [1.165, 1.54) is 36.1 Å². The molecule has 3 heteroatoms. The van der Waals surface area contributed by atoms with Crippen LogP contribution < -0.4 is 10.4 Å². The summed E-state index contributed by atoms with van der Waals surface area (Å²) in [5.74, 6) is 1.32. The smallest absolute Gasteiger partial charge is 0.261 e. The highest BCUT2D eigenvalue weighted by atomic mass is 28.4. The Bertz CT molecular complexity index is 759. The molecule has 4 rings (SSSR count). The number of hydrogen-bond acceptors (Lipinski definition) is 2. The lowest BCUT2D eigenvalue weighted by molar-refractivity contribution is -0.00873. The van der Waals surface area contributed by atoms with E-state index in [0.29, 0.717) is 24.0 Å². The monoisotopic (exact) mass is 422 g/mol. The van der Waals surface area contributed by atoms with Crippen molar-refractivity contribution in [1.29, 1.82) is 0 Å². The molecule has 0 heterocycles. The van der Waals surface area contributed by atoms with Gasteiger partial charge < -0.3 is 9.16 Å². The molecule has 0 amide bonds. The Morgan fingerprint density at radius 3 is 1.80 bits per heavy atom. The Kier molecular flexibility index (Phi) is 6.52. The summed E-state index contributed by atoms with van der Waals surface area (Å²) in [4.78, 5) is 0. The molecule has 0 radical (unpaired) electrons. The minimum Gasteiger partial charge on any atom is -0.404 e. The van der Waals surface area contributed by atoms with Crippen molar-refractivity contribution >= 4 is 18.7 Å². The van der Waals surface area contributed by atoms with E-state index in [4.69, 9.17) is 9.16 Å². The van der Waals surface area contributed by atoms with Gasteiger partial charge >= 0.3 is 0 Å². The van der Waals surface area contributed by atoms with E-state index in [9.17, 15) is 0 Å². The summed E-state index contributed by atoms with van der Waals surface area (Å²) < 4.78 is 13.7. The second kappa shape index (κ2) is 8.98. The summed E-state index contributed by atoms with van der Waals surface area (Å²) in [7, 11) is -2.45. The number of benzene rings is 2. The second-order valence-corrected chi connectivity index (χ2v) is 14.6. The lowest BCUT2D eigenvalue weighted by Crippen LogP contribution is -2.68. The fraction of sp³-hybridized carbons (Fsp3) is 0.556. The van der Waals surface area contributed by atoms with E-state index >= 15 is 0 Å². The summed E-state index contributed by atoms with van der Waals surface area (Å²) in [6.45, 7) is 10.3. The van der Waals surface area contributed by atoms with Gasteiger partial charge in [-0.1, -0.05) is 94.8 Å². The Balaban J connectivity index is 1.63. The van der Waals surface area contributed by atoms with Gasteiger partial charge in [0.1, 0.15) is 0 Å². The third kappa shape index (κ3) is 4.04. The molecule has 2 aromatic rings. The van der Waals surface area contributed by atoms with Crippen molar-refractivity contribution in [3.8, 4) is 0 Å². The van der Waals surface area contributed by atoms with Crippen LogP contribution in [0, 0.1) is 11.8 Å². The lowest BCUT2D eigenvalue weighted by atomic mass is 9.95. The fourth-order valence-electron chi connectivity index (χ4n) is 5.82. The number of rotatable bonds is 8. The highest BCUT2D eigenvalue weighted by Crippen LogP contribution is 2.50. The third-order valence-electron chi connectivity index (χ3n) is 7.30. The maximum atomic E-state index is 7.43. The number of ether oxygens (including phenoxy) is 1. The molecular weight excluding hydrogens is 384 g/mol. The van der Waals surface area contributed by atoms with Gasteiger partial charge in [0.2, 0.25) is 0 Å². The van der Waals surface area contributed by atoms with E-state index in [1.54, 1.807) is 0 Å². The summed E-state index contributed by atoms with van der Waals surface area (Å²) in [5.41, 5.74) is 0. The summed E-state index contributed by atoms with van der Waals surface area (Å²) in [6.07, 6.45) is 6.81. The maximum Gasteiger partial charge on any atom is 0.261 e. The summed E-state index contributed by atoms with van der Waals surface area (Å²) >= 11 is 0. The van der Waals surface area contributed by atoms with Crippen molar-refractivity contribution in [3.05, 3.63) is 60.7 Å². The molecule has 0 aliphatic heterocycles. The van der Waals surface area contributed by atoms with Gasteiger partial charge in [-0.3, -0.25) is 0 Å². The Morgan fingerprint density at radius 2 is 1.33 bits per heavy atom. The van der Waals surface area contributed by atoms with Crippen LogP contribution in [0.4, 0.5) is 0 Å². The van der Waals surface area contributed by atoms with E-state index in [2.05, 4.69) is 88.4 Å². The van der Waals surface area contributed by atoms with Crippen LogP contribution in [-0.4, -0.2) is 27.1 Å². The van der Waals surface area contributed by atoms with Crippen LogP contribution in [0.5, 0.6) is 0 Å². The molecule has 2 nitrogen and oxygen atoms in total. The first-order chi connectivity index (χ1) is 14.5. The first-order valence-corrected chi connectivity index (χ1v) is 13.8. The normalized spacial score (nSPS) is 26.3. The van der Waals surface area contributed by atoms with Crippen LogP contribution in [0.1, 0.15) is 59.8 Å². The van der Waals surface area contributed by atoms with Gasteiger partial charge in [-0.05, 0) is 52.9 Å². The molecule has 0 spiro atoms. The van der Waals surface area contributed by atoms with E-state index in [-0.39, 0.29) is 5.04 Å². The van der Waals surface area contributed by atoms with Crippen molar-refractivity contribution < 1.29 is 9.16 Å². The zero-order chi connectivity index (χ0) is 21.2. The van der Waals surface area contributed by atoms with Crippen molar-refractivity contribution in [3.63, 3.8) is 0 Å². The largest absolute Gasteiger partial charge is 0.404 e. The number of hydrogen-bond donors (Lipinski definition) is 0. The molecular formula is C27H38O2Si. The minimum absolute atomic E-state index is 0.0502. The molecule has 0 saturated heterocycles. The van der Waals surface area contributed by atoms with Gasteiger partial charge in [-0.2, -0.15) is 0 Å². The molecule has 2 aromatic carbocycles. The lowest BCUT2D eigenvalue weighted by Gasteiger charge is -2.46. The molecule has 2 aliphatic rings. The van der Waals surface area contributed by atoms with Crippen LogP contribution in [0.25, 0.3) is 0 Å². The minimum atomic E-state index is -2.45. The van der Waals surface area contributed by atoms with Crippen LogP contribution in [-0.2, 0) is 9.16 Å². The third-order valence-corrected chi connectivity index (χ3v) is 12.4. The standard InChI is InChI=1S/C27H38O2Si/c1-5-6-17-28-25-19-22-18-21(25)20-26(22)29-30(27(2,3)4,23-13-9-7-10-14-23)24-15-11-8-12-16-24/h7-16,21-22,25-26H,5-6,17-20H2,1-4H3/t21-,22-,25+,26+/m1/s1. The van der Waals surface area contributed by atoms with Crippen LogP contribution >= 0.6 is 0 Å². The van der Waals surface area contributed by atoms with Gasteiger partial charge in [0.15, 0.2) is 0 Å². The Labute approximate surface area is 184 Å². The van der Waals surface area contributed by atoms with Gasteiger partial charge in [-0.15, -0.1) is 0 Å². The zero-order valence-electron chi connectivity index (χ0n) is 19.1. The van der Waals surface area contributed by atoms with Crippen molar-refractivity contribution in [2.75, 3.05) is 6.61 Å².